The number of aromatic nitrogens is 8. The van der Waals surface area contributed by atoms with Crippen molar-refractivity contribution in [2.75, 3.05) is 42.1 Å². The minimum Gasteiger partial charge on any atom is -0.383 e. The Morgan fingerprint density at radius 2 is 1.88 bits per heavy atom. The number of imide groups is 1. The van der Waals surface area contributed by atoms with Crippen LogP contribution in [0.1, 0.15) is 88.5 Å². The van der Waals surface area contributed by atoms with Crippen LogP contribution in [0.15, 0.2) is 49.1 Å². The number of fused-ring (bicyclic) bond motifs is 1. The zero-order chi connectivity index (χ0) is 40.6. The molecule has 58 heavy (non-hydrogen) atoms. The first-order valence-electron chi connectivity index (χ1n) is 20.0. The second-order valence-corrected chi connectivity index (χ2v) is 16.1. The van der Waals surface area contributed by atoms with E-state index in [0.717, 1.165) is 68.9 Å². The highest BCUT2D eigenvalue weighted by Crippen LogP contribution is 2.37. The number of anilines is 3. The predicted molar refractivity (Wildman–Crippen MR) is 216 cm³/mol. The van der Waals surface area contributed by atoms with Crippen molar-refractivity contribution in [3.05, 3.63) is 65.9 Å². The van der Waals surface area contributed by atoms with Crippen LogP contribution < -0.4 is 21.3 Å². The van der Waals surface area contributed by atoms with E-state index >= 15 is 0 Å². The molecule has 0 bridgehead atoms. The van der Waals surface area contributed by atoms with Crippen LogP contribution in [0.4, 0.5) is 17.3 Å². The summed E-state index contributed by atoms with van der Waals surface area (Å²) in [7, 11) is 0. The summed E-state index contributed by atoms with van der Waals surface area (Å²) < 4.78 is 3.26. The van der Waals surface area contributed by atoms with Gasteiger partial charge in [0.25, 0.3) is 0 Å². The quantitative estimate of drug-likeness (QED) is 0.169. The summed E-state index contributed by atoms with van der Waals surface area (Å²) in [6.45, 7) is 9.81. The molecule has 1 saturated carbocycles. The average Bonchev–Trinajstić information content (AvgIpc) is 3.89. The van der Waals surface area contributed by atoms with Crippen LogP contribution in [0.25, 0.3) is 22.5 Å². The van der Waals surface area contributed by atoms with E-state index in [1.54, 1.807) is 47.0 Å². The van der Waals surface area contributed by atoms with Crippen LogP contribution >= 0.6 is 0 Å². The number of hydrogen-bond acceptors (Lipinski definition) is 14. The summed E-state index contributed by atoms with van der Waals surface area (Å²) >= 11 is 0. The van der Waals surface area contributed by atoms with Crippen molar-refractivity contribution in [3.8, 4) is 23.6 Å². The molecule has 3 aliphatic rings. The summed E-state index contributed by atoms with van der Waals surface area (Å²) in [5.41, 5.74) is 9.08. The standard InChI is InChI=1S/C41H47N15O2/c1-25(18-42)48-32-17-36(56-39-30(20-47-56)16-29(19-43)38(44)50-39)46-22-34(32)55-24-33(51-52-55)28-6-4-27(5-7-28)11-13-53-14-15-54(26(2)23-53)35-9-8-31(21-45-35)41(3)12-10-37(57)49-40(41)58/h8-9,16-17,20-22,24-28H,4-7,10-15,23H2,1-3H3,(H2,44,50)(H,46,48)(H,49,57,58)/t25-,26-,27?,28?,41-/m1/s1. The minimum absolute atomic E-state index is 0.112. The van der Waals surface area contributed by atoms with Crippen LogP contribution in [-0.2, 0) is 15.0 Å². The second kappa shape index (κ2) is 15.8. The van der Waals surface area contributed by atoms with Crippen molar-refractivity contribution in [2.24, 2.45) is 5.92 Å². The number of nitrogens with zero attached hydrogens (tertiary/aromatic N) is 12. The molecule has 2 aliphatic heterocycles. The number of nitrogen functional groups attached to an aromatic ring is 1. The van der Waals surface area contributed by atoms with Crippen LogP contribution in [-0.4, -0.2) is 94.7 Å². The third-order valence-electron chi connectivity index (χ3n) is 12.2. The van der Waals surface area contributed by atoms with E-state index in [4.69, 9.17) is 10.7 Å². The fourth-order valence-electron chi connectivity index (χ4n) is 8.58. The van der Waals surface area contributed by atoms with Crippen LogP contribution in [0, 0.1) is 28.6 Å². The molecule has 5 aromatic rings. The normalized spacial score (nSPS) is 23.3. The smallest absolute Gasteiger partial charge is 0.236 e. The lowest BCUT2D eigenvalue weighted by Crippen LogP contribution is -2.52. The molecule has 0 spiro atoms. The molecule has 5 aromatic heterocycles. The number of nitrogens with two attached hydrogens (primary N) is 1. The monoisotopic (exact) mass is 781 g/mol. The van der Waals surface area contributed by atoms with E-state index in [1.807, 2.05) is 31.3 Å². The van der Waals surface area contributed by atoms with E-state index in [1.165, 1.54) is 6.42 Å². The van der Waals surface area contributed by atoms with E-state index in [-0.39, 0.29) is 23.2 Å². The Hall–Kier alpha value is -6.46. The zero-order valence-electron chi connectivity index (χ0n) is 33.0. The predicted octanol–water partition coefficient (Wildman–Crippen LogP) is 4.14. The largest absolute Gasteiger partial charge is 0.383 e. The molecule has 8 rings (SSSR count). The van der Waals surface area contributed by atoms with E-state index in [2.05, 4.69) is 58.8 Å². The van der Waals surface area contributed by atoms with Gasteiger partial charge in [0.2, 0.25) is 11.8 Å². The van der Waals surface area contributed by atoms with E-state index in [9.17, 15) is 20.1 Å². The molecule has 3 atom stereocenters. The third kappa shape index (κ3) is 7.53. The molecule has 2 amide bonds. The molecule has 0 radical (unpaired) electrons. The van der Waals surface area contributed by atoms with Gasteiger partial charge in [0.15, 0.2) is 11.5 Å². The Morgan fingerprint density at radius 1 is 1.07 bits per heavy atom. The molecule has 3 fully saturated rings. The lowest BCUT2D eigenvalue weighted by atomic mass is 9.76. The fourth-order valence-corrected chi connectivity index (χ4v) is 8.58. The molecule has 7 heterocycles. The van der Waals surface area contributed by atoms with Crippen molar-refractivity contribution in [1.29, 1.82) is 10.5 Å². The van der Waals surface area contributed by atoms with Gasteiger partial charge in [0, 0.05) is 55.7 Å². The highest BCUT2D eigenvalue weighted by atomic mass is 16.2. The van der Waals surface area contributed by atoms with Gasteiger partial charge in [0.1, 0.15) is 29.4 Å². The topological polar surface area (TPSA) is 225 Å². The Bertz CT molecular complexity index is 2420. The molecule has 2 saturated heterocycles. The van der Waals surface area contributed by atoms with Gasteiger partial charge in [-0.2, -0.15) is 20.3 Å². The summed E-state index contributed by atoms with van der Waals surface area (Å²) in [6, 6.07) is 11.5. The summed E-state index contributed by atoms with van der Waals surface area (Å²) in [5, 5.41) is 38.9. The highest BCUT2D eigenvalue weighted by Gasteiger charge is 2.40. The molecule has 298 valence electrons. The summed E-state index contributed by atoms with van der Waals surface area (Å²) in [6.07, 6.45) is 13.4. The van der Waals surface area contributed by atoms with Crippen LogP contribution in [0.5, 0.6) is 0 Å². The molecule has 17 nitrogen and oxygen atoms in total. The molecule has 17 heteroatoms. The Labute approximate surface area is 336 Å². The van der Waals surface area contributed by atoms with E-state index in [0.29, 0.717) is 58.9 Å². The van der Waals surface area contributed by atoms with Gasteiger partial charge in [-0.25, -0.2) is 19.6 Å². The molecular formula is C41H47N15O2. The zero-order valence-corrected chi connectivity index (χ0v) is 33.0. The minimum atomic E-state index is -0.744. The average molecular weight is 782 g/mol. The van der Waals surface area contributed by atoms with Gasteiger partial charge < -0.3 is 16.0 Å². The number of piperidine rings is 1. The van der Waals surface area contributed by atoms with Crippen molar-refractivity contribution in [3.63, 3.8) is 0 Å². The number of pyridine rings is 3. The molecule has 0 aromatic carbocycles. The van der Waals surface area contributed by atoms with Gasteiger partial charge in [-0.15, -0.1) is 5.10 Å². The lowest BCUT2D eigenvalue weighted by Gasteiger charge is -2.41. The van der Waals surface area contributed by atoms with Crippen LogP contribution in [0.2, 0.25) is 0 Å². The first-order valence-corrected chi connectivity index (χ1v) is 20.0. The van der Waals surface area contributed by atoms with Crippen molar-refractivity contribution in [1.82, 2.24) is 49.9 Å². The number of carbonyl (C=O) groups is 2. The number of amides is 2. The van der Waals surface area contributed by atoms with Gasteiger partial charge in [-0.3, -0.25) is 19.8 Å². The van der Waals surface area contributed by atoms with Gasteiger partial charge in [0.05, 0.1) is 47.0 Å². The summed E-state index contributed by atoms with van der Waals surface area (Å²) in [4.78, 5) is 43.1. The maximum Gasteiger partial charge on any atom is 0.236 e. The second-order valence-electron chi connectivity index (χ2n) is 16.1. The van der Waals surface area contributed by atoms with Gasteiger partial charge in [-0.05, 0) is 89.5 Å². The van der Waals surface area contributed by atoms with Gasteiger partial charge in [-0.1, -0.05) is 11.3 Å². The first-order chi connectivity index (χ1) is 28.0. The highest BCUT2D eigenvalue weighted by molar-refractivity contribution is 6.03. The Morgan fingerprint density at radius 3 is 2.60 bits per heavy atom. The Kier molecular flexibility index (Phi) is 10.5. The maximum atomic E-state index is 12.6. The first kappa shape index (κ1) is 38.4. The number of nitriles is 2. The Balaban J connectivity index is 0.855. The number of piperazine rings is 1. The molecular weight excluding hydrogens is 735 g/mol. The number of rotatable bonds is 10. The third-order valence-corrected chi connectivity index (χ3v) is 12.2. The molecule has 0 unspecified atom stereocenters. The number of nitrogens with one attached hydrogen (secondary N) is 2. The maximum absolute atomic E-state index is 12.6. The van der Waals surface area contributed by atoms with Crippen molar-refractivity contribution >= 4 is 40.2 Å². The van der Waals surface area contributed by atoms with Gasteiger partial charge >= 0.3 is 0 Å². The molecule has 4 N–H and O–H groups in total. The number of carbonyl (C=O) groups excluding carboxylic acids is 2. The summed E-state index contributed by atoms with van der Waals surface area (Å²) in [5.74, 6) is 2.00. The lowest BCUT2D eigenvalue weighted by molar-refractivity contribution is -0.137. The molecule has 1 aliphatic carbocycles. The van der Waals surface area contributed by atoms with E-state index < -0.39 is 11.5 Å². The van der Waals surface area contributed by atoms with Crippen molar-refractivity contribution < 1.29 is 9.59 Å². The van der Waals surface area contributed by atoms with Crippen LogP contribution in [0.3, 0.4) is 0 Å². The fraction of sp³-hybridized carbons (Fsp3) is 0.463. The van der Waals surface area contributed by atoms with Crippen molar-refractivity contribution in [2.45, 2.75) is 89.1 Å². The SMILES string of the molecule is C[C@H](C#N)Nc1cc(-n2ncc3cc(C#N)c(N)nc32)ncc1-n1cc(C2CCC(CCN3CCN(c4ccc([C@@]5(C)CCC(=O)NC5=O)cn4)[C@H](C)C3)CC2)nn1. The number of hydrogen-bond donors (Lipinski definition) is 3.